The highest BCUT2D eigenvalue weighted by molar-refractivity contribution is 5.36. The normalized spacial score (nSPS) is 24.5. The maximum absolute atomic E-state index is 9.63. The molecule has 2 atom stereocenters. The summed E-state index contributed by atoms with van der Waals surface area (Å²) in [6.45, 7) is 0.799. The second kappa shape index (κ2) is 5.02. The second-order valence-corrected chi connectivity index (χ2v) is 5.17. The Morgan fingerprint density at radius 1 is 1.41 bits per heavy atom. The zero-order chi connectivity index (χ0) is 12.4. The lowest BCUT2D eigenvalue weighted by atomic mass is 9.95. The number of pyridine rings is 1. The Hall–Kier alpha value is -1.13. The third-order valence-electron chi connectivity index (χ3n) is 3.34. The summed E-state index contributed by atoms with van der Waals surface area (Å²) in [5.41, 5.74) is 8.05. The molecule has 1 aliphatic carbocycles. The molecule has 1 aromatic rings. The summed E-state index contributed by atoms with van der Waals surface area (Å²) in [4.78, 5) is 6.53. The topological polar surface area (TPSA) is 62.4 Å². The largest absolute Gasteiger partial charge is 0.393 e. The summed E-state index contributed by atoms with van der Waals surface area (Å²) in [5.74, 6) is 1.01. The van der Waals surface area contributed by atoms with Crippen LogP contribution in [0.25, 0.3) is 0 Å². The zero-order valence-electron chi connectivity index (χ0n) is 10.6. The van der Waals surface area contributed by atoms with Gasteiger partial charge in [0.15, 0.2) is 0 Å². The Morgan fingerprint density at radius 2 is 2.18 bits per heavy atom. The van der Waals surface area contributed by atoms with Crippen molar-refractivity contribution in [1.82, 2.24) is 9.88 Å². The monoisotopic (exact) mass is 235 g/mol. The van der Waals surface area contributed by atoms with Crippen LogP contribution in [0.15, 0.2) is 12.1 Å². The van der Waals surface area contributed by atoms with Gasteiger partial charge in [0.25, 0.3) is 0 Å². The third kappa shape index (κ3) is 2.96. The minimum absolute atomic E-state index is 0.148. The van der Waals surface area contributed by atoms with Gasteiger partial charge in [0.05, 0.1) is 11.8 Å². The molecule has 0 aromatic carbocycles. The molecule has 0 saturated heterocycles. The zero-order valence-corrected chi connectivity index (χ0v) is 10.6. The molecule has 1 saturated carbocycles. The molecule has 4 heteroatoms. The smallest absolute Gasteiger partial charge is 0.123 e. The van der Waals surface area contributed by atoms with Gasteiger partial charge in [-0.05, 0) is 50.9 Å². The predicted molar refractivity (Wildman–Crippen MR) is 68.6 cm³/mol. The van der Waals surface area contributed by atoms with E-state index in [0.717, 1.165) is 31.5 Å². The number of aliphatic hydroxyl groups is 1. The molecule has 0 amide bonds. The Labute approximate surface area is 102 Å². The van der Waals surface area contributed by atoms with Gasteiger partial charge in [0.1, 0.15) is 5.82 Å². The molecule has 2 unspecified atom stereocenters. The van der Waals surface area contributed by atoms with Crippen LogP contribution in [0.3, 0.4) is 0 Å². The van der Waals surface area contributed by atoms with Crippen molar-refractivity contribution >= 4 is 5.82 Å². The SMILES string of the molecule is CN(C)Cc1nc(N)ccc1C1CCC(O)C1. The van der Waals surface area contributed by atoms with Crippen LogP contribution in [-0.2, 0) is 6.54 Å². The van der Waals surface area contributed by atoms with Crippen molar-refractivity contribution in [1.29, 1.82) is 0 Å². The lowest BCUT2D eigenvalue weighted by Gasteiger charge is -2.17. The van der Waals surface area contributed by atoms with E-state index in [0.29, 0.717) is 11.7 Å². The molecule has 1 aromatic heterocycles. The van der Waals surface area contributed by atoms with Crippen LogP contribution < -0.4 is 5.73 Å². The molecular weight excluding hydrogens is 214 g/mol. The highest BCUT2D eigenvalue weighted by atomic mass is 16.3. The van der Waals surface area contributed by atoms with E-state index in [1.165, 1.54) is 5.56 Å². The molecule has 1 heterocycles. The molecule has 0 spiro atoms. The van der Waals surface area contributed by atoms with Crippen molar-refractivity contribution < 1.29 is 5.11 Å². The van der Waals surface area contributed by atoms with Crippen molar-refractivity contribution in [3.05, 3.63) is 23.4 Å². The van der Waals surface area contributed by atoms with Gasteiger partial charge in [-0.2, -0.15) is 0 Å². The number of rotatable bonds is 3. The van der Waals surface area contributed by atoms with Crippen LogP contribution >= 0.6 is 0 Å². The molecular formula is C13H21N3O. The van der Waals surface area contributed by atoms with Crippen LogP contribution in [0.2, 0.25) is 0 Å². The van der Waals surface area contributed by atoms with Crippen LogP contribution in [0, 0.1) is 0 Å². The van der Waals surface area contributed by atoms with E-state index in [1.807, 2.05) is 20.2 Å². The number of aliphatic hydroxyl groups excluding tert-OH is 1. The van der Waals surface area contributed by atoms with Crippen LogP contribution in [-0.4, -0.2) is 35.2 Å². The maximum Gasteiger partial charge on any atom is 0.123 e. The molecule has 1 aliphatic rings. The number of nitrogen functional groups attached to an aromatic ring is 1. The van der Waals surface area contributed by atoms with Gasteiger partial charge in [-0.25, -0.2) is 4.98 Å². The van der Waals surface area contributed by atoms with E-state index >= 15 is 0 Å². The summed E-state index contributed by atoms with van der Waals surface area (Å²) in [6.07, 6.45) is 2.65. The average molecular weight is 235 g/mol. The van der Waals surface area contributed by atoms with Crippen molar-refractivity contribution in [3.63, 3.8) is 0 Å². The molecule has 0 bridgehead atoms. The molecule has 4 nitrogen and oxygen atoms in total. The number of hydrogen-bond donors (Lipinski definition) is 2. The van der Waals surface area contributed by atoms with E-state index in [1.54, 1.807) is 0 Å². The van der Waals surface area contributed by atoms with Crippen molar-refractivity contribution in [2.45, 2.75) is 37.8 Å². The maximum atomic E-state index is 9.63. The van der Waals surface area contributed by atoms with Gasteiger partial charge in [-0.3, -0.25) is 0 Å². The Bertz CT molecular complexity index is 392. The number of hydrogen-bond acceptors (Lipinski definition) is 4. The first kappa shape index (κ1) is 12.3. The van der Waals surface area contributed by atoms with Crippen molar-refractivity contribution in [3.8, 4) is 0 Å². The fourth-order valence-corrected chi connectivity index (χ4v) is 2.57. The van der Waals surface area contributed by atoms with E-state index in [2.05, 4.69) is 16.0 Å². The lowest BCUT2D eigenvalue weighted by molar-refractivity contribution is 0.181. The minimum Gasteiger partial charge on any atom is -0.393 e. The number of anilines is 1. The summed E-state index contributed by atoms with van der Waals surface area (Å²) >= 11 is 0. The Morgan fingerprint density at radius 3 is 2.76 bits per heavy atom. The Balaban J connectivity index is 2.25. The van der Waals surface area contributed by atoms with Gasteiger partial charge >= 0.3 is 0 Å². The molecule has 3 N–H and O–H groups in total. The minimum atomic E-state index is -0.148. The first-order chi connectivity index (χ1) is 8.06. The number of nitrogens with two attached hydrogens (primary N) is 1. The molecule has 0 radical (unpaired) electrons. The summed E-state index contributed by atoms with van der Waals surface area (Å²) in [7, 11) is 4.05. The van der Waals surface area contributed by atoms with Gasteiger partial charge in [0.2, 0.25) is 0 Å². The van der Waals surface area contributed by atoms with Gasteiger partial charge in [-0.15, -0.1) is 0 Å². The number of aromatic nitrogens is 1. The summed E-state index contributed by atoms with van der Waals surface area (Å²) in [6, 6.07) is 3.93. The van der Waals surface area contributed by atoms with Crippen molar-refractivity contribution in [2.24, 2.45) is 0 Å². The van der Waals surface area contributed by atoms with E-state index in [-0.39, 0.29) is 6.10 Å². The fourth-order valence-electron chi connectivity index (χ4n) is 2.57. The standard InChI is InChI=1S/C13H21N3O/c1-16(2)8-12-11(5-6-13(14)15-12)9-3-4-10(17)7-9/h5-6,9-10,17H,3-4,7-8H2,1-2H3,(H2,14,15). The van der Waals surface area contributed by atoms with Gasteiger partial charge in [0, 0.05) is 6.54 Å². The lowest BCUT2D eigenvalue weighted by Crippen LogP contribution is -2.15. The van der Waals surface area contributed by atoms with Crippen LogP contribution in [0.1, 0.15) is 36.4 Å². The first-order valence-electron chi connectivity index (χ1n) is 6.14. The van der Waals surface area contributed by atoms with E-state index in [4.69, 9.17) is 5.73 Å². The second-order valence-electron chi connectivity index (χ2n) is 5.17. The Kier molecular flexibility index (Phi) is 3.64. The molecule has 1 fully saturated rings. The first-order valence-corrected chi connectivity index (χ1v) is 6.14. The predicted octanol–water partition coefficient (Wildman–Crippen LogP) is 1.35. The molecule has 94 valence electrons. The third-order valence-corrected chi connectivity index (χ3v) is 3.34. The van der Waals surface area contributed by atoms with Gasteiger partial charge < -0.3 is 15.7 Å². The van der Waals surface area contributed by atoms with Gasteiger partial charge in [-0.1, -0.05) is 6.07 Å². The highest BCUT2D eigenvalue weighted by Crippen LogP contribution is 2.36. The highest BCUT2D eigenvalue weighted by Gasteiger charge is 2.26. The van der Waals surface area contributed by atoms with Crippen molar-refractivity contribution in [2.75, 3.05) is 19.8 Å². The van der Waals surface area contributed by atoms with E-state index in [9.17, 15) is 5.11 Å². The molecule has 0 aliphatic heterocycles. The quantitative estimate of drug-likeness (QED) is 0.830. The van der Waals surface area contributed by atoms with Crippen LogP contribution in [0.5, 0.6) is 0 Å². The fraction of sp³-hybridized carbons (Fsp3) is 0.615. The number of nitrogens with zero attached hydrogens (tertiary/aromatic N) is 2. The van der Waals surface area contributed by atoms with Crippen LogP contribution in [0.4, 0.5) is 5.82 Å². The summed E-state index contributed by atoms with van der Waals surface area (Å²) < 4.78 is 0. The average Bonchev–Trinajstić information content (AvgIpc) is 2.64. The summed E-state index contributed by atoms with van der Waals surface area (Å²) in [5, 5.41) is 9.63. The molecule has 2 rings (SSSR count). The van der Waals surface area contributed by atoms with E-state index < -0.39 is 0 Å². The molecule has 17 heavy (non-hydrogen) atoms.